The molecule has 12 heteroatoms. The van der Waals surface area contributed by atoms with Crippen LogP contribution in [0.1, 0.15) is 30.1 Å². The van der Waals surface area contributed by atoms with Crippen molar-refractivity contribution in [3.63, 3.8) is 0 Å². The van der Waals surface area contributed by atoms with Gasteiger partial charge in [0.1, 0.15) is 10.6 Å². The van der Waals surface area contributed by atoms with Gasteiger partial charge in [0.15, 0.2) is 11.6 Å². The Bertz CT molecular complexity index is 1160. The van der Waals surface area contributed by atoms with Crippen LogP contribution in [0.4, 0.5) is 0 Å². The van der Waals surface area contributed by atoms with E-state index in [1.807, 2.05) is 0 Å². The number of carbonyl (C=O) groups excluding carboxylic acids is 1. The number of piperidine rings is 1. The number of sulfonamides is 1. The summed E-state index contributed by atoms with van der Waals surface area (Å²) in [7, 11) is -3.69. The van der Waals surface area contributed by atoms with Crippen molar-refractivity contribution in [3.05, 3.63) is 41.8 Å². The summed E-state index contributed by atoms with van der Waals surface area (Å²) in [4.78, 5) is 20.9. The monoisotopic (exact) mass is 460 g/mol. The molecular weight excluding hydrogens is 436 g/mol. The van der Waals surface area contributed by atoms with Crippen molar-refractivity contribution in [2.24, 2.45) is 5.92 Å². The highest BCUT2D eigenvalue weighted by molar-refractivity contribution is 7.89. The first kappa shape index (κ1) is 22.1. The molecule has 0 radical (unpaired) electrons. The van der Waals surface area contributed by atoms with Gasteiger partial charge in [0.25, 0.3) is 5.89 Å². The van der Waals surface area contributed by atoms with Crippen molar-refractivity contribution in [2.45, 2.75) is 38.0 Å². The van der Waals surface area contributed by atoms with Crippen molar-refractivity contribution in [1.82, 2.24) is 29.9 Å². The summed E-state index contributed by atoms with van der Waals surface area (Å²) in [5.74, 6) is 0.829. The predicted octanol–water partition coefficient (Wildman–Crippen LogP) is 1.50. The quantitative estimate of drug-likeness (QED) is 0.554. The van der Waals surface area contributed by atoms with Gasteiger partial charge in [0.05, 0.1) is 0 Å². The molecule has 4 rings (SSSR count). The molecule has 170 valence electrons. The smallest absolute Gasteiger partial charge is 0.258 e. The largest absolute Gasteiger partial charge is 0.360 e. The second-order valence-corrected chi connectivity index (χ2v) is 9.50. The third-order valence-electron chi connectivity index (χ3n) is 5.43. The molecule has 11 nitrogen and oxygen atoms in total. The number of hydrogen-bond acceptors (Lipinski definition) is 9. The Hall–Kier alpha value is -3.12. The van der Waals surface area contributed by atoms with E-state index in [4.69, 9.17) is 9.05 Å². The van der Waals surface area contributed by atoms with E-state index < -0.39 is 10.0 Å². The van der Waals surface area contributed by atoms with E-state index in [0.717, 1.165) is 5.56 Å². The molecule has 4 heterocycles. The van der Waals surface area contributed by atoms with Crippen molar-refractivity contribution in [2.75, 3.05) is 19.6 Å². The van der Waals surface area contributed by atoms with Gasteiger partial charge in [-0.25, -0.2) is 8.42 Å². The number of aromatic nitrogens is 4. The fourth-order valence-electron chi connectivity index (χ4n) is 3.74. The molecule has 1 aliphatic rings. The molecule has 0 aromatic carbocycles. The summed E-state index contributed by atoms with van der Waals surface area (Å²) in [5, 5.41) is 10.6. The summed E-state index contributed by atoms with van der Waals surface area (Å²) in [6, 6.07) is 3.55. The van der Waals surface area contributed by atoms with Gasteiger partial charge in [0, 0.05) is 49.9 Å². The van der Waals surface area contributed by atoms with E-state index in [2.05, 4.69) is 25.6 Å². The second-order valence-electron chi connectivity index (χ2n) is 7.62. The van der Waals surface area contributed by atoms with Crippen LogP contribution in [0.15, 0.2) is 38.5 Å². The Morgan fingerprint density at radius 1 is 1.16 bits per heavy atom. The normalized spacial score (nSPS) is 15.7. The Morgan fingerprint density at radius 3 is 2.53 bits per heavy atom. The molecule has 0 atom stereocenters. The zero-order valence-electron chi connectivity index (χ0n) is 17.8. The molecule has 1 aliphatic heterocycles. The maximum Gasteiger partial charge on any atom is 0.258 e. The van der Waals surface area contributed by atoms with E-state index in [1.165, 1.54) is 4.31 Å². The van der Waals surface area contributed by atoms with Crippen LogP contribution in [0, 0.1) is 19.8 Å². The maximum atomic E-state index is 12.9. The molecule has 1 N–H and O–H groups in total. The molecule has 0 spiro atoms. The molecule has 32 heavy (non-hydrogen) atoms. The number of nitrogens with zero attached hydrogens (tertiary/aromatic N) is 5. The predicted molar refractivity (Wildman–Crippen MR) is 112 cm³/mol. The first-order valence-corrected chi connectivity index (χ1v) is 11.7. The Balaban J connectivity index is 1.26. The second kappa shape index (κ2) is 9.17. The SMILES string of the molecule is Cc1noc(C)c1S(=O)(=O)N1CCC(C(=O)NCCc2noc(-c3ccncc3)n2)CC1. The number of rotatable bonds is 7. The van der Waals surface area contributed by atoms with Crippen molar-refractivity contribution < 1.29 is 22.3 Å². The lowest BCUT2D eigenvalue weighted by Crippen LogP contribution is -2.43. The topological polar surface area (TPSA) is 144 Å². The third-order valence-corrected chi connectivity index (χ3v) is 7.58. The molecule has 0 saturated carbocycles. The summed E-state index contributed by atoms with van der Waals surface area (Å²) >= 11 is 0. The molecule has 1 fully saturated rings. The lowest BCUT2D eigenvalue weighted by atomic mass is 9.97. The molecular formula is C20H24N6O5S. The van der Waals surface area contributed by atoms with Crippen molar-refractivity contribution in [1.29, 1.82) is 0 Å². The van der Waals surface area contributed by atoms with Crippen LogP contribution in [-0.4, -0.2) is 58.5 Å². The van der Waals surface area contributed by atoms with Gasteiger partial charge in [-0.05, 0) is 38.8 Å². The van der Waals surface area contributed by atoms with Crippen LogP contribution < -0.4 is 5.32 Å². The van der Waals surface area contributed by atoms with Gasteiger partial charge in [-0.3, -0.25) is 9.78 Å². The van der Waals surface area contributed by atoms with Gasteiger partial charge in [0.2, 0.25) is 15.9 Å². The number of aryl methyl sites for hydroxylation is 2. The Labute approximate surface area is 185 Å². The minimum atomic E-state index is -3.69. The maximum absolute atomic E-state index is 12.9. The average Bonchev–Trinajstić information content (AvgIpc) is 3.41. The highest BCUT2D eigenvalue weighted by Crippen LogP contribution is 2.27. The van der Waals surface area contributed by atoms with E-state index in [1.54, 1.807) is 38.4 Å². The summed E-state index contributed by atoms with van der Waals surface area (Å²) in [5.41, 5.74) is 1.12. The molecule has 3 aromatic rings. The molecule has 1 amide bonds. The highest BCUT2D eigenvalue weighted by Gasteiger charge is 2.35. The summed E-state index contributed by atoms with van der Waals surface area (Å²) < 4.78 is 37.4. The number of hydrogen-bond donors (Lipinski definition) is 1. The van der Waals surface area contributed by atoms with E-state index in [0.29, 0.717) is 43.2 Å². The standard InChI is InChI=1S/C20H24N6O5S/c1-13-18(14(2)30-24-13)32(28,29)26-11-6-15(7-12-26)19(27)22-10-5-17-23-20(31-25-17)16-3-8-21-9-4-16/h3-4,8-9,15H,5-7,10-12H2,1-2H3,(H,22,27). The minimum absolute atomic E-state index is 0.0998. The van der Waals surface area contributed by atoms with Crippen LogP contribution >= 0.6 is 0 Å². The lowest BCUT2D eigenvalue weighted by Gasteiger charge is -2.30. The van der Waals surface area contributed by atoms with Crippen molar-refractivity contribution in [3.8, 4) is 11.5 Å². The van der Waals surface area contributed by atoms with Crippen LogP contribution in [0.5, 0.6) is 0 Å². The van der Waals surface area contributed by atoms with E-state index in [-0.39, 0.29) is 35.6 Å². The van der Waals surface area contributed by atoms with Crippen LogP contribution in [-0.2, 0) is 21.2 Å². The number of nitrogens with one attached hydrogen (secondary N) is 1. The summed E-state index contributed by atoms with van der Waals surface area (Å²) in [6.45, 7) is 4.09. The zero-order chi connectivity index (χ0) is 22.7. The average molecular weight is 461 g/mol. The van der Waals surface area contributed by atoms with Gasteiger partial charge in [-0.15, -0.1) is 0 Å². The Morgan fingerprint density at radius 2 is 1.88 bits per heavy atom. The van der Waals surface area contributed by atoms with E-state index >= 15 is 0 Å². The van der Waals surface area contributed by atoms with Gasteiger partial charge < -0.3 is 14.4 Å². The third kappa shape index (κ3) is 4.55. The summed E-state index contributed by atoms with van der Waals surface area (Å²) in [6.07, 6.45) is 4.61. The molecule has 0 bridgehead atoms. The van der Waals surface area contributed by atoms with Gasteiger partial charge in [-0.1, -0.05) is 10.3 Å². The van der Waals surface area contributed by atoms with Crippen LogP contribution in [0.25, 0.3) is 11.5 Å². The Kier molecular flexibility index (Phi) is 6.33. The van der Waals surface area contributed by atoms with Crippen LogP contribution in [0.3, 0.4) is 0 Å². The highest BCUT2D eigenvalue weighted by atomic mass is 32.2. The van der Waals surface area contributed by atoms with E-state index in [9.17, 15) is 13.2 Å². The number of amides is 1. The number of pyridine rings is 1. The number of carbonyl (C=O) groups is 1. The molecule has 0 aliphatic carbocycles. The fraction of sp³-hybridized carbons (Fsp3) is 0.450. The minimum Gasteiger partial charge on any atom is -0.360 e. The van der Waals surface area contributed by atoms with Crippen molar-refractivity contribution >= 4 is 15.9 Å². The zero-order valence-corrected chi connectivity index (χ0v) is 18.6. The fourth-order valence-corrected chi connectivity index (χ4v) is 5.50. The first-order chi connectivity index (χ1) is 15.4. The first-order valence-electron chi connectivity index (χ1n) is 10.3. The van der Waals surface area contributed by atoms with Gasteiger partial charge >= 0.3 is 0 Å². The molecule has 1 saturated heterocycles. The van der Waals surface area contributed by atoms with Gasteiger partial charge in [-0.2, -0.15) is 9.29 Å². The van der Waals surface area contributed by atoms with Crippen LogP contribution in [0.2, 0.25) is 0 Å². The molecule has 0 unspecified atom stereocenters. The molecule has 3 aromatic heterocycles. The lowest BCUT2D eigenvalue weighted by molar-refractivity contribution is -0.126.